The number of allylic oxidation sites excluding steroid dienone is 4. The molecular weight excluding hydrogens is 235 g/mol. The Morgan fingerprint density at radius 2 is 1.67 bits per heavy atom. The van der Waals surface area contributed by atoms with E-state index < -0.39 is 0 Å². The van der Waals surface area contributed by atoms with Gasteiger partial charge in [-0.2, -0.15) is 0 Å². The van der Waals surface area contributed by atoms with Crippen LogP contribution in [-0.4, -0.2) is 5.16 Å². The van der Waals surface area contributed by atoms with Gasteiger partial charge in [-0.15, -0.1) is 0 Å². The number of rotatable bonds is 3. The van der Waals surface area contributed by atoms with Gasteiger partial charge in [0.05, 0.1) is 0 Å². The Bertz CT molecular complexity index is 495. The van der Waals surface area contributed by atoms with Crippen molar-refractivity contribution in [3.8, 4) is 0 Å². The molecule has 0 spiro atoms. The van der Waals surface area contributed by atoms with Gasteiger partial charge in [0.2, 0.25) is 0 Å². The first kappa shape index (κ1) is 13.6. The van der Waals surface area contributed by atoms with E-state index in [1.54, 1.807) is 5.30 Å². The van der Waals surface area contributed by atoms with Crippen LogP contribution in [0.4, 0.5) is 0 Å². The Kier molecular flexibility index (Phi) is 3.78. The molecule has 0 saturated carbocycles. The Morgan fingerprint density at radius 1 is 1.06 bits per heavy atom. The van der Waals surface area contributed by atoms with E-state index in [9.17, 15) is 0 Å². The van der Waals surface area contributed by atoms with Gasteiger partial charge in [0, 0.05) is 5.16 Å². The van der Waals surface area contributed by atoms with Gasteiger partial charge >= 0.3 is 0 Å². The SMILES string of the molecule is Cc1cc(C)c(PC(C)(C)C2=CCC=C2)c(C)c1. The summed E-state index contributed by atoms with van der Waals surface area (Å²) in [6, 6.07) is 4.62. The highest BCUT2D eigenvalue weighted by Gasteiger charge is 2.24. The van der Waals surface area contributed by atoms with E-state index in [1.165, 1.54) is 22.3 Å². The van der Waals surface area contributed by atoms with Crippen molar-refractivity contribution in [1.29, 1.82) is 0 Å². The maximum Gasteiger partial charge on any atom is 0.0108 e. The average molecular weight is 258 g/mol. The molecule has 1 aromatic carbocycles. The molecule has 96 valence electrons. The van der Waals surface area contributed by atoms with Crippen LogP contribution in [0.25, 0.3) is 0 Å². The quantitative estimate of drug-likeness (QED) is 0.696. The van der Waals surface area contributed by atoms with Crippen LogP contribution in [0.1, 0.15) is 37.0 Å². The molecule has 0 aromatic heterocycles. The van der Waals surface area contributed by atoms with E-state index in [4.69, 9.17) is 0 Å². The molecule has 0 radical (unpaired) electrons. The number of benzene rings is 1. The molecule has 0 bridgehead atoms. The van der Waals surface area contributed by atoms with E-state index >= 15 is 0 Å². The molecule has 1 aromatic rings. The maximum absolute atomic E-state index is 2.37. The normalized spacial score (nSPS) is 15.7. The Morgan fingerprint density at radius 3 is 2.17 bits per heavy atom. The molecule has 18 heavy (non-hydrogen) atoms. The van der Waals surface area contributed by atoms with Crippen LogP contribution < -0.4 is 5.30 Å². The van der Waals surface area contributed by atoms with Gasteiger partial charge in [-0.25, -0.2) is 0 Å². The fraction of sp³-hybridized carbons (Fsp3) is 0.412. The lowest BCUT2D eigenvalue weighted by atomic mass is 10.0. The molecule has 0 nitrogen and oxygen atoms in total. The standard InChI is InChI=1S/C17H23P/c1-12-10-13(2)16(14(3)11-12)18-17(4,5)15-8-6-7-9-15/h6,8-11,18H,7H2,1-5H3. The van der Waals surface area contributed by atoms with E-state index in [2.05, 4.69) is 65.0 Å². The number of hydrogen-bond acceptors (Lipinski definition) is 0. The lowest BCUT2D eigenvalue weighted by molar-refractivity contribution is 0.853. The van der Waals surface area contributed by atoms with Crippen LogP contribution in [0, 0.1) is 20.8 Å². The van der Waals surface area contributed by atoms with Crippen molar-refractivity contribution in [2.75, 3.05) is 0 Å². The first-order valence-corrected chi connectivity index (χ1v) is 7.63. The summed E-state index contributed by atoms with van der Waals surface area (Å²) in [4.78, 5) is 0. The first-order chi connectivity index (χ1) is 8.40. The second kappa shape index (κ2) is 5.02. The molecule has 0 aliphatic heterocycles. The van der Waals surface area contributed by atoms with Crippen molar-refractivity contribution in [2.45, 2.75) is 46.2 Å². The zero-order chi connectivity index (χ0) is 13.3. The highest BCUT2D eigenvalue weighted by atomic mass is 31.1. The summed E-state index contributed by atoms with van der Waals surface area (Å²) >= 11 is 0. The van der Waals surface area contributed by atoms with Crippen LogP contribution in [0.3, 0.4) is 0 Å². The lowest BCUT2D eigenvalue weighted by Gasteiger charge is -2.27. The molecule has 1 heteroatoms. The molecule has 1 aliphatic carbocycles. The van der Waals surface area contributed by atoms with E-state index in [1.807, 2.05) is 0 Å². The third kappa shape index (κ3) is 2.75. The van der Waals surface area contributed by atoms with Crippen molar-refractivity contribution >= 4 is 13.9 Å². The van der Waals surface area contributed by atoms with Gasteiger partial charge in [-0.3, -0.25) is 0 Å². The molecule has 0 fully saturated rings. The van der Waals surface area contributed by atoms with Crippen LogP contribution >= 0.6 is 8.58 Å². The topological polar surface area (TPSA) is 0 Å². The van der Waals surface area contributed by atoms with Gasteiger partial charge < -0.3 is 0 Å². The summed E-state index contributed by atoms with van der Waals surface area (Å²) in [5, 5.41) is 1.81. The highest BCUT2D eigenvalue weighted by molar-refractivity contribution is 7.49. The first-order valence-electron chi connectivity index (χ1n) is 6.63. The molecule has 0 amide bonds. The van der Waals surface area contributed by atoms with Gasteiger partial charge in [0.1, 0.15) is 0 Å². The van der Waals surface area contributed by atoms with E-state index in [0.29, 0.717) is 0 Å². The minimum atomic E-state index is 0.262. The van der Waals surface area contributed by atoms with Crippen LogP contribution in [-0.2, 0) is 0 Å². The number of aryl methyl sites for hydroxylation is 3. The smallest absolute Gasteiger partial charge is 0.0108 e. The van der Waals surface area contributed by atoms with Crippen molar-refractivity contribution in [3.63, 3.8) is 0 Å². The zero-order valence-corrected chi connectivity index (χ0v) is 13.1. The summed E-state index contributed by atoms with van der Waals surface area (Å²) in [6.07, 6.45) is 8.03. The van der Waals surface area contributed by atoms with E-state index in [0.717, 1.165) is 15.0 Å². The van der Waals surface area contributed by atoms with Crippen molar-refractivity contribution in [2.24, 2.45) is 0 Å². The Labute approximate surface area is 113 Å². The summed E-state index contributed by atoms with van der Waals surface area (Å²) in [5.41, 5.74) is 5.76. The minimum absolute atomic E-state index is 0.262. The van der Waals surface area contributed by atoms with Crippen LogP contribution in [0.5, 0.6) is 0 Å². The van der Waals surface area contributed by atoms with Crippen molar-refractivity contribution in [1.82, 2.24) is 0 Å². The van der Waals surface area contributed by atoms with Gasteiger partial charge in [0.25, 0.3) is 0 Å². The fourth-order valence-electron chi connectivity index (χ4n) is 2.68. The van der Waals surface area contributed by atoms with Gasteiger partial charge in [-0.1, -0.05) is 58.4 Å². The van der Waals surface area contributed by atoms with Crippen molar-refractivity contribution < 1.29 is 0 Å². The van der Waals surface area contributed by atoms with E-state index in [-0.39, 0.29) is 5.16 Å². The largest absolute Gasteiger partial charge is 0.0804 e. The molecular formula is C17H23P. The fourth-order valence-corrected chi connectivity index (χ4v) is 4.18. The second-order valence-corrected chi connectivity index (χ2v) is 7.82. The predicted octanol–water partition coefficient (Wildman–Crippen LogP) is 4.58. The monoisotopic (exact) mass is 258 g/mol. The zero-order valence-electron chi connectivity index (χ0n) is 12.1. The summed E-state index contributed by atoms with van der Waals surface area (Å²) in [5.74, 6) is 0. The van der Waals surface area contributed by atoms with Gasteiger partial charge in [-0.05, 0) is 49.2 Å². The molecule has 2 rings (SSSR count). The lowest BCUT2D eigenvalue weighted by Crippen LogP contribution is -2.21. The number of hydrogen-bond donors (Lipinski definition) is 0. The molecule has 1 atom stereocenters. The van der Waals surface area contributed by atoms with Crippen LogP contribution in [0.15, 0.2) is 35.9 Å². The molecule has 0 heterocycles. The molecule has 0 N–H and O–H groups in total. The van der Waals surface area contributed by atoms with Crippen LogP contribution in [0.2, 0.25) is 0 Å². The summed E-state index contributed by atoms with van der Waals surface area (Å²) < 4.78 is 0. The average Bonchev–Trinajstić information content (AvgIpc) is 2.77. The Balaban J connectivity index is 2.31. The molecule has 1 unspecified atom stereocenters. The third-order valence-electron chi connectivity index (χ3n) is 3.61. The molecule has 0 saturated heterocycles. The van der Waals surface area contributed by atoms with Gasteiger partial charge in [0.15, 0.2) is 0 Å². The summed E-state index contributed by atoms with van der Waals surface area (Å²) in [7, 11) is 0.840. The maximum atomic E-state index is 2.37. The molecule has 1 aliphatic rings. The third-order valence-corrected chi connectivity index (χ3v) is 5.56. The predicted molar refractivity (Wildman–Crippen MR) is 84.5 cm³/mol. The Hall–Kier alpha value is -0.870. The minimum Gasteiger partial charge on any atom is -0.0804 e. The summed E-state index contributed by atoms with van der Waals surface area (Å²) in [6.45, 7) is 11.4. The second-order valence-electron chi connectivity index (χ2n) is 5.82. The van der Waals surface area contributed by atoms with Crippen molar-refractivity contribution in [3.05, 3.63) is 52.6 Å². The highest BCUT2D eigenvalue weighted by Crippen LogP contribution is 2.40.